The number of thioether (sulfide) groups is 1. The molecule has 0 spiro atoms. The highest BCUT2D eigenvalue weighted by atomic mass is 35.5. The molecule has 2 aromatic carbocycles. The van der Waals surface area contributed by atoms with Gasteiger partial charge in [0.25, 0.3) is 0 Å². The molecule has 11 heteroatoms. The molecule has 0 bridgehead atoms. The number of aliphatic hydroxyl groups excluding tert-OH is 1. The Labute approximate surface area is 196 Å². The molecule has 0 aromatic heterocycles. The minimum atomic E-state index is -1.27. The first-order valence-corrected chi connectivity index (χ1v) is 10.8. The van der Waals surface area contributed by atoms with Gasteiger partial charge in [-0.15, -0.1) is 11.8 Å². The van der Waals surface area contributed by atoms with Gasteiger partial charge >= 0.3 is 11.9 Å². The predicted molar refractivity (Wildman–Crippen MR) is 117 cm³/mol. The van der Waals surface area contributed by atoms with Gasteiger partial charge in [0, 0.05) is 15.3 Å². The maximum absolute atomic E-state index is 13.1. The highest BCUT2D eigenvalue weighted by Gasteiger charge is 2.34. The van der Waals surface area contributed by atoms with Crippen LogP contribution in [-0.2, 0) is 4.74 Å². The van der Waals surface area contributed by atoms with Crippen molar-refractivity contribution >= 4 is 70.1 Å². The average Bonchev–Trinajstić information content (AvgIpc) is 2.97. The molecule has 1 aliphatic rings. The van der Waals surface area contributed by atoms with Gasteiger partial charge in [-0.2, -0.15) is 0 Å². The SMILES string of the molecule is O=C(O)c1ccc(Cl)cc1Cl.O=C(OCC1CC(F)C(O)S1)c1ccc(Cl)cc1Cl. The van der Waals surface area contributed by atoms with Crippen molar-refractivity contribution in [3.8, 4) is 0 Å². The van der Waals surface area contributed by atoms with Crippen molar-refractivity contribution in [1.82, 2.24) is 0 Å². The Morgan fingerprint density at radius 1 is 1.03 bits per heavy atom. The summed E-state index contributed by atoms with van der Waals surface area (Å²) in [5.74, 6) is -1.63. The number of carbonyl (C=O) groups is 2. The number of aliphatic hydroxyl groups is 1. The average molecular weight is 516 g/mol. The predicted octanol–water partition coefficient (Wildman–Crippen LogP) is 6.00. The summed E-state index contributed by atoms with van der Waals surface area (Å²) < 4.78 is 18.1. The van der Waals surface area contributed by atoms with Crippen LogP contribution in [0.25, 0.3) is 0 Å². The topological polar surface area (TPSA) is 83.8 Å². The summed E-state index contributed by atoms with van der Waals surface area (Å²) in [4.78, 5) is 22.2. The minimum absolute atomic E-state index is 0.0416. The summed E-state index contributed by atoms with van der Waals surface area (Å²) in [6.45, 7) is 0.0416. The summed E-state index contributed by atoms with van der Waals surface area (Å²) in [5.41, 5.74) is -0.759. The van der Waals surface area contributed by atoms with Gasteiger partial charge < -0.3 is 14.9 Å². The highest BCUT2D eigenvalue weighted by molar-refractivity contribution is 8.00. The number of alkyl halides is 1. The number of aromatic carboxylic acids is 1. The Hall–Kier alpha value is -1.22. The first kappa shape index (κ1) is 25.0. The summed E-state index contributed by atoms with van der Waals surface area (Å²) in [6.07, 6.45) is -1.10. The number of rotatable bonds is 4. The van der Waals surface area contributed by atoms with Crippen molar-refractivity contribution in [2.24, 2.45) is 0 Å². The van der Waals surface area contributed by atoms with Crippen LogP contribution in [0.2, 0.25) is 20.1 Å². The standard InChI is InChI=1S/C12H11Cl2FO3S.C7H4Cl2O2/c13-6-1-2-8(9(14)3-6)11(16)18-5-7-4-10(15)12(17)19-7;8-4-1-2-5(7(10)11)6(9)3-4/h1-3,7,10,12,17H,4-5H2;1-3H,(H,10,11). The van der Waals surface area contributed by atoms with Crippen LogP contribution in [0.3, 0.4) is 0 Å². The third kappa shape index (κ3) is 7.18. The minimum Gasteiger partial charge on any atom is -0.478 e. The zero-order valence-electron chi connectivity index (χ0n) is 15.0. The summed E-state index contributed by atoms with van der Waals surface area (Å²) in [5, 5.41) is 18.8. The molecule has 0 radical (unpaired) electrons. The number of halogens is 5. The van der Waals surface area contributed by atoms with Crippen LogP contribution < -0.4 is 0 Å². The number of carboxylic acids is 1. The van der Waals surface area contributed by atoms with Crippen molar-refractivity contribution in [3.05, 3.63) is 67.6 Å². The third-order valence-electron chi connectivity index (χ3n) is 3.84. The molecule has 0 saturated carbocycles. The van der Waals surface area contributed by atoms with Crippen LogP contribution >= 0.6 is 58.2 Å². The van der Waals surface area contributed by atoms with Gasteiger partial charge in [-0.1, -0.05) is 46.4 Å². The number of hydrogen-bond donors (Lipinski definition) is 2. The third-order valence-corrected chi connectivity index (χ3v) is 6.23. The van der Waals surface area contributed by atoms with E-state index in [0.717, 1.165) is 11.8 Å². The molecule has 2 N–H and O–H groups in total. The maximum Gasteiger partial charge on any atom is 0.339 e. The smallest absolute Gasteiger partial charge is 0.339 e. The fourth-order valence-electron chi connectivity index (χ4n) is 2.38. The van der Waals surface area contributed by atoms with E-state index < -0.39 is 23.5 Å². The number of ether oxygens (including phenoxy) is 1. The molecule has 0 amide bonds. The van der Waals surface area contributed by atoms with Gasteiger partial charge in [-0.05, 0) is 42.8 Å². The van der Waals surface area contributed by atoms with Crippen LogP contribution in [0.15, 0.2) is 36.4 Å². The van der Waals surface area contributed by atoms with Crippen LogP contribution in [-0.4, -0.2) is 45.6 Å². The zero-order valence-corrected chi connectivity index (χ0v) is 18.9. The van der Waals surface area contributed by atoms with Gasteiger partial charge in [0.2, 0.25) is 0 Å². The van der Waals surface area contributed by atoms with E-state index in [0.29, 0.717) is 10.0 Å². The Morgan fingerprint density at radius 2 is 1.57 bits per heavy atom. The van der Waals surface area contributed by atoms with E-state index in [9.17, 15) is 19.1 Å². The van der Waals surface area contributed by atoms with Crippen LogP contribution in [0.4, 0.5) is 4.39 Å². The molecule has 2 aromatic rings. The van der Waals surface area contributed by atoms with E-state index in [2.05, 4.69) is 0 Å². The molecule has 1 fully saturated rings. The molecule has 1 heterocycles. The summed E-state index contributed by atoms with van der Waals surface area (Å²) >= 11 is 23.8. The van der Waals surface area contributed by atoms with E-state index in [1.807, 2.05) is 0 Å². The Morgan fingerprint density at radius 3 is 2.00 bits per heavy atom. The van der Waals surface area contributed by atoms with Gasteiger partial charge in [0.15, 0.2) is 0 Å². The van der Waals surface area contributed by atoms with Gasteiger partial charge in [-0.25, -0.2) is 14.0 Å². The first-order valence-electron chi connectivity index (χ1n) is 8.36. The highest BCUT2D eigenvalue weighted by Crippen LogP contribution is 2.34. The second kappa shape index (κ2) is 11.4. The van der Waals surface area contributed by atoms with Crippen molar-refractivity contribution in [2.45, 2.75) is 23.3 Å². The van der Waals surface area contributed by atoms with Gasteiger partial charge in [0.05, 0.1) is 21.2 Å². The van der Waals surface area contributed by atoms with Crippen molar-refractivity contribution < 1.29 is 28.9 Å². The second-order valence-corrected chi connectivity index (χ2v) is 9.16. The second-order valence-electron chi connectivity index (χ2n) is 6.05. The lowest BCUT2D eigenvalue weighted by Gasteiger charge is -2.10. The summed E-state index contributed by atoms with van der Waals surface area (Å²) in [7, 11) is 0. The van der Waals surface area contributed by atoms with E-state index >= 15 is 0 Å². The van der Waals surface area contributed by atoms with Crippen molar-refractivity contribution in [2.75, 3.05) is 6.61 Å². The Kier molecular flexibility index (Phi) is 9.53. The Bertz CT molecular complexity index is 920. The lowest BCUT2D eigenvalue weighted by atomic mass is 10.2. The van der Waals surface area contributed by atoms with Crippen molar-refractivity contribution in [1.29, 1.82) is 0 Å². The monoisotopic (exact) mass is 514 g/mol. The summed E-state index contributed by atoms with van der Waals surface area (Å²) in [6, 6.07) is 8.71. The van der Waals surface area contributed by atoms with Gasteiger partial charge in [-0.3, -0.25) is 0 Å². The molecule has 30 heavy (non-hydrogen) atoms. The van der Waals surface area contributed by atoms with Gasteiger partial charge in [0.1, 0.15) is 18.2 Å². The van der Waals surface area contributed by atoms with E-state index in [1.54, 1.807) is 0 Å². The molecule has 1 aliphatic heterocycles. The molecular weight excluding hydrogens is 501 g/mol. The molecule has 162 valence electrons. The lowest BCUT2D eigenvalue weighted by molar-refractivity contribution is 0.0498. The Balaban J connectivity index is 0.000000248. The largest absolute Gasteiger partial charge is 0.478 e. The lowest BCUT2D eigenvalue weighted by Crippen LogP contribution is -2.15. The van der Waals surface area contributed by atoms with E-state index in [4.69, 9.17) is 56.2 Å². The number of esters is 1. The molecule has 0 aliphatic carbocycles. The fraction of sp³-hybridized carbons (Fsp3) is 0.263. The molecule has 3 rings (SSSR count). The van der Waals surface area contributed by atoms with Crippen molar-refractivity contribution in [3.63, 3.8) is 0 Å². The molecule has 5 nitrogen and oxygen atoms in total. The number of carbonyl (C=O) groups excluding carboxylic acids is 1. The normalized spacial score (nSPS) is 20.3. The number of hydrogen-bond acceptors (Lipinski definition) is 5. The number of benzene rings is 2. The van der Waals surface area contributed by atoms with Crippen LogP contribution in [0, 0.1) is 0 Å². The molecule has 3 unspecified atom stereocenters. The first-order chi connectivity index (χ1) is 14.1. The van der Waals surface area contributed by atoms with Crippen LogP contribution in [0.5, 0.6) is 0 Å². The van der Waals surface area contributed by atoms with E-state index in [1.165, 1.54) is 36.4 Å². The fourth-order valence-corrected chi connectivity index (χ4v) is 4.47. The number of carboxylic acid groups (broad SMARTS) is 1. The van der Waals surface area contributed by atoms with E-state index in [-0.39, 0.29) is 39.4 Å². The molecular formula is C19H15Cl4FO5S. The zero-order chi connectivity index (χ0) is 22.4. The molecule has 3 atom stereocenters. The molecule has 1 saturated heterocycles. The maximum atomic E-state index is 13.1. The quantitative estimate of drug-likeness (QED) is 0.485. The van der Waals surface area contributed by atoms with Crippen LogP contribution in [0.1, 0.15) is 27.1 Å².